The minimum atomic E-state index is -0.524. The van der Waals surface area contributed by atoms with Crippen LogP contribution in [0.15, 0.2) is 53.0 Å². The second-order valence-corrected chi connectivity index (χ2v) is 6.84. The highest BCUT2D eigenvalue weighted by Crippen LogP contribution is 2.22. The van der Waals surface area contributed by atoms with Crippen molar-refractivity contribution in [3.8, 4) is 10.7 Å². The maximum atomic E-state index is 11.8. The zero-order valence-electron chi connectivity index (χ0n) is 13.1. The van der Waals surface area contributed by atoms with E-state index in [1.54, 1.807) is 11.3 Å². The number of benzene rings is 1. The number of carbonyl (C=O) groups is 2. The standard InChI is InChI=1S/C16H15N5O2S2/c22-13(18-15(23)17-9-11-5-2-1-3-6-11)10-25-16-19-14(20-21-16)12-7-4-8-24-12/h1-8H,9-10H2,(H,19,20,21)(H2,17,18,22,23). The largest absolute Gasteiger partial charge is 0.334 e. The minimum absolute atomic E-state index is 0.0560. The third kappa shape index (κ3) is 5.16. The smallest absolute Gasteiger partial charge is 0.321 e. The van der Waals surface area contributed by atoms with Crippen molar-refractivity contribution in [3.05, 3.63) is 53.4 Å². The van der Waals surface area contributed by atoms with Gasteiger partial charge in [-0.05, 0) is 17.0 Å². The number of rotatable bonds is 6. The molecule has 7 nitrogen and oxygen atoms in total. The van der Waals surface area contributed by atoms with Crippen LogP contribution in [0.3, 0.4) is 0 Å². The molecule has 0 saturated heterocycles. The van der Waals surface area contributed by atoms with Gasteiger partial charge in [-0.25, -0.2) is 9.78 Å². The molecule has 128 valence electrons. The van der Waals surface area contributed by atoms with Crippen LogP contribution in [-0.4, -0.2) is 32.9 Å². The summed E-state index contributed by atoms with van der Waals surface area (Å²) in [7, 11) is 0. The molecule has 0 radical (unpaired) electrons. The van der Waals surface area contributed by atoms with Crippen LogP contribution in [0.4, 0.5) is 4.79 Å². The number of hydrogen-bond donors (Lipinski definition) is 3. The number of amides is 3. The van der Waals surface area contributed by atoms with Crippen molar-refractivity contribution in [3.63, 3.8) is 0 Å². The number of aromatic nitrogens is 3. The Morgan fingerprint density at radius 3 is 2.76 bits per heavy atom. The topological polar surface area (TPSA) is 99.8 Å². The minimum Gasteiger partial charge on any atom is -0.334 e. The van der Waals surface area contributed by atoms with Crippen molar-refractivity contribution in [2.24, 2.45) is 0 Å². The van der Waals surface area contributed by atoms with Crippen molar-refractivity contribution >= 4 is 35.0 Å². The van der Waals surface area contributed by atoms with Gasteiger partial charge in [0.1, 0.15) is 0 Å². The average Bonchev–Trinajstić information content (AvgIpc) is 3.30. The summed E-state index contributed by atoms with van der Waals surface area (Å²) in [6.45, 7) is 0.359. The Morgan fingerprint density at radius 2 is 2.00 bits per heavy atom. The van der Waals surface area contributed by atoms with Crippen molar-refractivity contribution in [2.75, 3.05) is 5.75 Å². The number of imide groups is 1. The SMILES string of the molecule is O=C(CSc1n[nH]c(-c2cccs2)n1)NC(=O)NCc1ccccc1. The number of aromatic amines is 1. The third-order valence-corrected chi connectivity index (χ3v) is 4.82. The Morgan fingerprint density at radius 1 is 1.16 bits per heavy atom. The van der Waals surface area contributed by atoms with Crippen LogP contribution in [0.25, 0.3) is 10.7 Å². The van der Waals surface area contributed by atoms with Crippen LogP contribution in [0.2, 0.25) is 0 Å². The van der Waals surface area contributed by atoms with Gasteiger partial charge in [0.2, 0.25) is 11.1 Å². The van der Waals surface area contributed by atoms with E-state index < -0.39 is 11.9 Å². The fourth-order valence-corrected chi connectivity index (χ4v) is 3.21. The monoisotopic (exact) mass is 373 g/mol. The van der Waals surface area contributed by atoms with Gasteiger partial charge in [0.05, 0.1) is 10.6 Å². The summed E-state index contributed by atoms with van der Waals surface area (Å²) < 4.78 is 0. The Labute approximate surface area is 152 Å². The van der Waals surface area contributed by atoms with E-state index in [1.807, 2.05) is 47.8 Å². The fraction of sp³-hybridized carbons (Fsp3) is 0.125. The van der Waals surface area contributed by atoms with E-state index in [-0.39, 0.29) is 5.75 Å². The van der Waals surface area contributed by atoms with Crippen molar-refractivity contribution in [1.29, 1.82) is 0 Å². The maximum absolute atomic E-state index is 11.8. The lowest BCUT2D eigenvalue weighted by Gasteiger charge is -2.06. The molecule has 0 saturated carbocycles. The van der Waals surface area contributed by atoms with Crippen molar-refractivity contribution < 1.29 is 9.59 Å². The molecular formula is C16H15N5O2S2. The van der Waals surface area contributed by atoms with Crippen LogP contribution in [0.5, 0.6) is 0 Å². The van der Waals surface area contributed by atoms with E-state index in [4.69, 9.17) is 0 Å². The molecule has 0 aliphatic carbocycles. The molecular weight excluding hydrogens is 358 g/mol. The number of hydrogen-bond acceptors (Lipinski definition) is 6. The molecule has 0 unspecified atom stereocenters. The third-order valence-electron chi connectivity index (χ3n) is 3.10. The van der Waals surface area contributed by atoms with Gasteiger partial charge in [-0.1, -0.05) is 48.2 Å². The predicted molar refractivity (Wildman–Crippen MR) is 97.2 cm³/mol. The van der Waals surface area contributed by atoms with Crippen molar-refractivity contribution in [1.82, 2.24) is 25.8 Å². The molecule has 2 heterocycles. The number of nitrogens with zero attached hydrogens (tertiary/aromatic N) is 2. The van der Waals surface area contributed by atoms with E-state index >= 15 is 0 Å². The number of carbonyl (C=O) groups excluding carboxylic acids is 2. The Kier molecular flexibility index (Phi) is 5.81. The zero-order valence-corrected chi connectivity index (χ0v) is 14.7. The van der Waals surface area contributed by atoms with E-state index in [2.05, 4.69) is 25.8 Å². The van der Waals surface area contributed by atoms with Crippen molar-refractivity contribution in [2.45, 2.75) is 11.7 Å². The Balaban J connectivity index is 1.41. The molecule has 3 N–H and O–H groups in total. The normalized spacial score (nSPS) is 10.4. The molecule has 2 aromatic heterocycles. The quantitative estimate of drug-likeness (QED) is 0.577. The van der Waals surface area contributed by atoms with Crippen LogP contribution in [-0.2, 0) is 11.3 Å². The highest BCUT2D eigenvalue weighted by atomic mass is 32.2. The van der Waals surface area contributed by atoms with Gasteiger partial charge in [0.15, 0.2) is 5.82 Å². The average molecular weight is 373 g/mol. The predicted octanol–water partition coefficient (Wildman–Crippen LogP) is 2.65. The summed E-state index contributed by atoms with van der Waals surface area (Å²) in [6, 6.07) is 12.8. The van der Waals surface area contributed by atoms with Gasteiger partial charge in [-0.3, -0.25) is 15.2 Å². The molecule has 0 spiro atoms. The first-order valence-electron chi connectivity index (χ1n) is 7.41. The molecule has 9 heteroatoms. The molecule has 0 bridgehead atoms. The van der Waals surface area contributed by atoms with E-state index in [0.29, 0.717) is 17.5 Å². The lowest BCUT2D eigenvalue weighted by molar-refractivity contribution is -0.117. The number of urea groups is 1. The maximum Gasteiger partial charge on any atom is 0.321 e. The molecule has 0 atom stereocenters. The summed E-state index contributed by atoms with van der Waals surface area (Å²) in [5.41, 5.74) is 0.960. The van der Waals surface area contributed by atoms with Gasteiger partial charge in [0.25, 0.3) is 0 Å². The molecule has 0 aliphatic rings. The lowest BCUT2D eigenvalue weighted by atomic mass is 10.2. The zero-order chi connectivity index (χ0) is 17.5. The van der Waals surface area contributed by atoms with Gasteiger partial charge >= 0.3 is 6.03 Å². The van der Waals surface area contributed by atoms with Crippen LogP contribution in [0.1, 0.15) is 5.56 Å². The van der Waals surface area contributed by atoms with E-state index in [0.717, 1.165) is 22.2 Å². The van der Waals surface area contributed by atoms with Crippen LogP contribution >= 0.6 is 23.1 Å². The number of H-pyrrole nitrogens is 1. The summed E-state index contributed by atoms with van der Waals surface area (Å²) in [4.78, 5) is 28.8. The van der Waals surface area contributed by atoms with Crippen LogP contribution in [0, 0.1) is 0 Å². The van der Waals surface area contributed by atoms with Crippen LogP contribution < -0.4 is 10.6 Å². The highest BCUT2D eigenvalue weighted by Gasteiger charge is 2.11. The van der Waals surface area contributed by atoms with E-state index in [9.17, 15) is 9.59 Å². The Bertz CT molecular complexity index is 833. The summed E-state index contributed by atoms with van der Waals surface area (Å²) in [5.74, 6) is 0.317. The molecule has 1 aromatic carbocycles. The molecule has 0 fully saturated rings. The first kappa shape index (κ1) is 17.2. The molecule has 3 amide bonds. The molecule has 0 aliphatic heterocycles. The van der Waals surface area contributed by atoms with Gasteiger partial charge < -0.3 is 5.32 Å². The lowest BCUT2D eigenvalue weighted by Crippen LogP contribution is -2.39. The van der Waals surface area contributed by atoms with E-state index in [1.165, 1.54) is 0 Å². The second kappa shape index (κ2) is 8.45. The number of thiophene rings is 1. The first-order chi connectivity index (χ1) is 12.2. The Hall–Kier alpha value is -2.65. The first-order valence-corrected chi connectivity index (χ1v) is 9.28. The highest BCUT2D eigenvalue weighted by molar-refractivity contribution is 7.99. The summed E-state index contributed by atoms with van der Waals surface area (Å²) in [5, 5.41) is 14.2. The number of thioether (sulfide) groups is 1. The molecule has 3 rings (SSSR count). The second-order valence-electron chi connectivity index (χ2n) is 4.95. The summed E-state index contributed by atoms with van der Waals surface area (Å²) in [6.07, 6.45) is 0. The molecule has 3 aromatic rings. The van der Waals surface area contributed by atoms with Gasteiger partial charge in [-0.2, -0.15) is 0 Å². The summed E-state index contributed by atoms with van der Waals surface area (Å²) >= 11 is 2.71. The fourth-order valence-electron chi connectivity index (χ4n) is 1.95. The molecule has 25 heavy (non-hydrogen) atoms. The van der Waals surface area contributed by atoms with Gasteiger partial charge in [0, 0.05) is 6.54 Å². The number of nitrogens with one attached hydrogen (secondary N) is 3. The van der Waals surface area contributed by atoms with Gasteiger partial charge in [-0.15, -0.1) is 16.4 Å².